The third kappa shape index (κ3) is 3.99. The van der Waals surface area contributed by atoms with Gasteiger partial charge in [-0.2, -0.15) is 5.10 Å². The van der Waals surface area contributed by atoms with Gasteiger partial charge < -0.3 is 10.3 Å². The van der Waals surface area contributed by atoms with E-state index in [0.717, 1.165) is 16.5 Å². The van der Waals surface area contributed by atoms with Crippen LogP contribution >= 0.6 is 23.2 Å². The molecule has 1 aromatic heterocycles. The van der Waals surface area contributed by atoms with E-state index in [2.05, 4.69) is 20.8 Å². The predicted octanol–water partition coefficient (Wildman–Crippen LogP) is 3.56. The summed E-state index contributed by atoms with van der Waals surface area (Å²) in [6, 6.07) is 12.2. The highest BCUT2D eigenvalue weighted by Gasteiger charge is 2.14. The molecular weight excluding hydrogens is 363 g/mol. The van der Waals surface area contributed by atoms with Gasteiger partial charge in [0.2, 0.25) is 0 Å². The Morgan fingerprint density at radius 2 is 1.88 bits per heavy atom. The van der Waals surface area contributed by atoms with Crippen molar-refractivity contribution in [1.82, 2.24) is 10.4 Å². The molecule has 0 aliphatic carbocycles. The Balaban J connectivity index is 1.64. The number of hydrazone groups is 1. The lowest BCUT2D eigenvalue weighted by atomic mass is 10.2. The second-order valence-corrected chi connectivity index (χ2v) is 5.91. The molecule has 8 heteroatoms. The summed E-state index contributed by atoms with van der Waals surface area (Å²) in [4.78, 5) is 26.8. The summed E-state index contributed by atoms with van der Waals surface area (Å²) in [5, 5.41) is 7.79. The third-order valence-corrected chi connectivity index (χ3v) is 3.94. The fraction of sp³-hybridized carbons (Fsp3) is 0. The van der Waals surface area contributed by atoms with Gasteiger partial charge in [-0.3, -0.25) is 9.59 Å². The van der Waals surface area contributed by atoms with Crippen molar-refractivity contribution in [1.29, 1.82) is 0 Å². The van der Waals surface area contributed by atoms with Crippen molar-refractivity contribution in [3.8, 4) is 0 Å². The SMILES string of the molecule is O=C(NN=Cc1c[nH]c2ccccc12)C(=O)Nc1cc(Cl)ccc1Cl. The first-order valence-corrected chi connectivity index (χ1v) is 7.96. The van der Waals surface area contributed by atoms with Crippen LogP contribution in [0.3, 0.4) is 0 Å². The number of carbonyl (C=O) groups is 2. The number of hydrogen-bond acceptors (Lipinski definition) is 3. The lowest BCUT2D eigenvalue weighted by molar-refractivity contribution is -0.136. The quantitative estimate of drug-likeness (QED) is 0.371. The van der Waals surface area contributed by atoms with E-state index in [-0.39, 0.29) is 10.7 Å². The number of anilines is 1. The van der Waals surface area contributed by atoms with E-state index < -0.39 is 11.8 Å². The van der Waals surface area contributed by atoms with E-state index in [1.54, 1.807) is 12.3 Å². The Hall–Kier alpha value is -2.83. The number of nitrogens with one attached hydrogen (secondary N) is 3. The minimum atomic E-state index is -0.924. The van der Waals surface area contributed by atoms with Gasteiger partial charge in [0.25, 0.3) is 0 Å². The van der Waals surface area contributed by atoms with Gasteiger partial charge in [-0.05, 0) is 24.3 Å². The number of aromatic amines is 1. The number of benzene rings is 2. The number of rotatable bonds is 3. The van der Waals surface area contributed by atoms with Gasteiger partial charge in [0.15, 0.2) is 0 Å². The van der Waals surface area contributed by atoms with E-state index in [1.165, 1.54) is 18.3 Å². The van der Waals surface area contributed by atoms with Crippen LogP contribution in [0.5, 0.6) is 0 Å². The number of nitrogens with zero attached hydrogens (tertiary/aromatic N) is 1. The number of halogens is 2. The zero-order valence-corrected chi connectivity index (χ0v) is 14.2. The molecule has 0 bridgehead atoms. The first-order valence-electron chi connectivity index (χ1n) is 7.20. The molecule has 0 radical (unpaired) electrons. The van der Waals surface area contributed by atoms with Crippen molar-refractivity contribution in [3.63, 3.8) is 0 Å². The number of amides is 2. The third-order valence-electron chi connectivity index (χ3n) is 3.37. The highest BCUT2D eigenvalue weighted by atomic mass is 35.5. The molecule has 3 rings (SSSR count). The van der Waals surface area contributed by atoms with Crippen molar-refractivity contribution < 1.29 is 9.59 Å². The Bertz CT molecular complexity index is 982. The molecule has 25 heavy (non-hydrogen) atoms. The fourth-order valence-electron chi connectivity index (χ4n) is 2.18. The minimum absolute atomic E-state index is 0.245. The standard InChI is InChI=1S/C17H12Cl2N4O2/c18-11-5-6-13(19)15(7-11)22-16(24)17(25)23-21-9-10-8-20-14-4-2-1-3-12(10)14/h1-9,20H,(H,22,24)(H,23,25). The Morgan fingerprint density at radius 3 is 2.72 bits per heavy atom. The summed E-state index contributed by atoms with van der Waals surface area (Å²) >= 11 is 11.8. The second-order valence-electron chi connectivity index (χ2n) is 5.07. The van der Waals surface area contributed by atoms with Crippen LogP contribution in [-0.2, 0) is 9.59 Å². The predicted molar refractivity (Wildman–Crippen MR) is 99.1 cm³/mol. The molecule has 0 atom stereocenters. The maximum absolute atomic E-state index is 11.9. The number of fused-ring (bicyclic) bond motifs is 1. The maximum atomic E-state index is 11.9. The highest BCUT2D eigenvalue weighted by molar-refractivity contribution is 6.42. The normalized spacial score (nSPS) is 11.0. The number of hydrogen-bond donors (Lipinski definition) is 3. The van der Waals surface area contributed by atoms with Crippen LogP contribution in [0.25, 0.3) is 10.9 Å². The molecule has 1 heterocycles. The molecule has 2 aromatic carbocycles. The summed E-state index contributed by atoms with van der Waals surface area (Å²) in [7, 11) is 0. The zero-order chi connectivity index (χ0) is 17.8. The maximum Gasteiger partial charge on any atom is 0.329 e. The molecule has 0 aliphatic rings. The molecule has 0 fully saturated rings. The van der Waals surface area contributed by atoms with Crippen molar-refractivity contribution in [2.45, 2.75) is 0 Å². The van der Waals surface area contributed by atoms with Gasteiger partial charge in [-0.25, -0.2) is 5.43 Å². The van der Waals surface area contributed by atoms with E-state index in [0.29, 0.717) is 5.02 Å². The van der Waals surface area contributed by atoms with Crippen molar-refractivity contribution in [2.75, 3.05) is 5.32 Å². The molecule has 3 N–H and O–H groups in total. The molecule has 0 unspecified atom stereocenters. The van der Waals surface area contributed by atoms with Gasteiger partial charge in [-0.15, -0.1) is 0 Å². The van der Waals surface area contributed by atoms with Crippen molar-refractivity contribution in [2.24, 2.45) is 5.10 Å². The molecule has 0 aliphatic heterocycles. The van der Waals surface area contributed by atoms with Gasteiger partial charge in [0.1, 0.15) is 0 Å². The van der Waals surface area contributed by atoms with Gasteiger partial charge in [0.05, 0.1) is 16.9 Å². The molecular formula is C17H12Cl2N4O2. The average Bonchev–Trinajstić information content (AvgIpc) is 3.01. The van der Waals surface area contributed by atoms with Gasteiger partial charge >= 0.3 is 11.8 Å². The smallest absolute Gasteiger partial charge is 0.329 e. The fourth-order valence-corrected chi connectivity index (χ4v) is 2.52. The molecule has 2 amide bonds. The monoisotopic (exact) mass is 374 g/mol. The second kappa shape index (κ2) is 7.38. The Morgan fingerprint density at radius 1 is 1.08 bits per heavy atom. The lowest BCUT2D eigenvalue weighted by Crippen LogP contribution is -2.32. The van der Waals surface area contributed by atoms with Crippen LogP contribution in [0.4, 0.5) is 5.69 Å². The van der Waals surface area contributed by atoms with Crippen LogP contribution < -0.4 is 10.7 Å². The summed E-state index contributed by atoms with van der Waals surface area (Å²) in [5.74, 6) is -1.83. The molecule has 126 valence electrons. The number of H-pyrrole nitrogens is 1. The van der Waals surface area contributed by atoms with E-state index >= 15 is 0 Å². The molecule has 3 aromatic rings. The first kappa shape index (κ1) is 17.0. The summed E-state index contributed by atoms with van der Waals surface area (Å²) in [6.45, 7) is 0. The largest absolute Gasteiger partial charge is 0.361 e. The Labute approximate surface area is 152 Å². The van der Waals surface area contributed by atoms with E-state index in [9.17, 15) is 9.59 Å². The minimum Gasteiger partial charge on any atom is -0.361 e. The molecule has 0 saturated carbocycles. The van der Waals surface area contributed by atoms with Crippen LogP contribution in [0.15, 0.2) is 53.8 Å². The summed E-state index contributed by atoms with van der Waals surface area (Å²) < 4.78 is 0. The van der Waals surface area contributed by atoms with Crippen LogP contribution in [-0.4, -0.2) is 23.0 Å². The Kier molecular flexibility index (Phi) is 5.02. The number of aromatic nitrogens is 1. The van der Waals surface area contributed by atoms with E-state index in [4.69, 9.17) is 23.2 Å². The summed E-state index contributed by atoms with van der Waals surface area (Å²) in [6.07, 6.45) is 3.21. The van der Waals surface area contributed by atoms with Crippen LogP contribution in [0.2, 0.25) is 10.0 Å². The first-order chi connectivity index (χ1) is 12.0. The average molecular weight is 375 g/mol. The molecule has 6 nitrogen and oxygen atoms in total. The van der Waals surface area contributed by atoms with E-state index in [1.807, 2.05) is 24.3 Å². The highest BCUT2D eigenvalue weighted by Crippen LogP contribution is 2.25. The number of carbonyl (C=O) groups excluding carboxylic acids is 2. The molecule has 0 saturated heterocycles. The van der Waals surface area contributed by atoms with Crippen LogP contribution in [0, 0.1) is 0 Å². The zero-order valence-electron chi connectivity index (χ0n) is 12.7. The van der Waals surface area contributed by atoms with Gasteiger partial charge in [-0.1, -0.05) is 41.4 Å². The van der Waals surface area contributed by atoms with Gasteiger partial charge in [0, 0.05) is 27.7 Å². The van der Waals surface area contributed by atoms with Crippen molar-refractivity contribution >= 4 is 57.8 Å². The lowest BCUT2D eigenvalue weighted by Gasteiger charge is -2.06. The number of para-hydroxylation sites is 1. The van der Waals surface area contributed by atoms with Crippen molar-refractivity contribution in [3.05, 3.63) is 64.3 Å². The topological polar surface area (TPSA) is 86.3 Å². The summed E-state index contributed by atoms with van der Waals surface area (Å²) in [5.41, 5.74) is 4.15. The molecule has 0 spiro atoms. The van der Waals surface area contributed by atoms with Crippen LogP contribution in [0.1, 0.15) is 5.56 Å².